The molecule has 19 heavy (non-hydrogen) atoms. The third-order valence-corrected chi connectivity index (χ3v) is 4.77. The summed E-state index contributed by atoms with van der Waals surface area (Å²) in [6.07, 6.45) is 4.83. The first kappa shape index (κ1) is 14.6. The lowest BCUT2D eigenvalue weighted by Crippen LogP contribution is -2.48. The molecule has 0 saturated carbocycles. The molecule has 2 saturated heterocycles. The number of hydrogen-bond acceptors (Lipinski definition) is 2. The second-order valence-electron chi connectivity index (χ2n) is 6.26. The average molecular weight is 267 g/mol. The van der Waals surface area contributed by atoms with Gasteiger partial charge in [0, 0.05) is 32.7 Å². The Labute approximate surface area is 117 Å². The molecule has 0 bridgehead atoms. The second-order valence-corrected chi connectivity index (χ2v) is 6.26. The van der Waals surface area contributed by atoms with Gasteiger partial charge in [0.25, 0.3) is 0 Å². The van der Waals surface area contributed by atoms with E-state index < -0.39 is 0 Å². The summed E-state index contributed by atoms with van der Waals surface area (Å²) in [5, 5.41) is 0. The predicted octanol–water partition coefficient (Wildman–Crippen LogP) is 2.25. The molecule has 4 heteroatoms. The molecule has 2 heterocycles. The largest absolute Gasteiger partial charge is 0.326 e. The first-order valence-corrected chi connectivity index (χ1v) is 7.86. The summed E-state index contributed by atoms with van der Waals surface area (Å²) >= 11 is 0. The van der Waals surface area contributed by atoms with Crippen LogP contribution in [0.2, 0.25) is 0 Å². The number of nitrogens with zero attached hydrogens (tertiary/aromatic N) is 3. The van der Waals surface area contributed by atoms with Crippen LogP contribution in [0.15, 0.2) is 0 Å². The van der Waals surface area contributed by atoms with Crippen molar-refractivity contribution in [2.24, 2.45) is 5.92 Å². The highest BCUT2D eigenvalue weighted by molar-refractivity contribution is 5.74. The van der Waals surface area contributed by atoms with Gasteiger partial charge in [0.2, 0.25) is 0 Å². The van der Waals surface area contributed by atoms with Gasteiger partial charge in [-0.3, -0.25) is 4.90 Å². The van der Waals surface area contributed by atoms with E-state index in [1.54, 1.807) is 0 Å². The molecule has 0 N–H and O–H groups in total. The van der Waals surface area contributed by atoms with Crippen molar-refractivity contribution in [1.82, 2.24) is 14.7 Å². The van der Waals surface area contributed by atoms with E-state index >= 15 is 0 Å². The number of carbonyl (C=O) groups excluding carboxylic acids is 1. The summed E-state index contributed by atoms with van der Waals surface area (Å²) in [5.41, 5.74) is 0. The van der Waals surface area contributed by atoms with Crippen LogP contribution in [-0.2, 0) is 0 Å². The Morgan fingerprint density at radius 3 is 2.53 bits per heavy atom. The number of hydrogen-bond donors (Lipinski definition) is 0. The van der Waals surface area contributed by atoms with Crippen LogP contribution in [0.3, 0.4) is 0 Å². The number of amides is 2. The molecule has 110 valence electrons. The van der Waals surface area contributed by atoms with E-state index in [1.165, 1.54) is 19.4 Å². The molecular formula is C15H29N3O. The number of piperidine rings is 1. The Hall–Kier alpha value is -0.770. The molecule has 4 nitrogen and oxygen atoms in total. The van der Waals surface area contributed by atoms with Gasteiger partial charge < -0.3 is 9.80 Å². The van der Waals surface area contributed by atoms with Gasteiger partial charge in [-0.25, -0.2) is 4.79 Å². The summed E-state index contributed by atoms with van der Waals surface area (Å²) in [5.74, 6) is 0.778. The van der Waals surface area contributed by atoms with E-state index in [0.717, 1.165) is 44.9 Å². The summed E-state index contributed by atoms with van der Waals surface area (Å²) in [4.78, 5) is 18.9. The lowest BCUT2D eigenvalue weighted by Gasteiger charge is -2.35. The van der Waals surface area contributed by atoms with E-state index in [0.29, 0.717) is 6.04 Å². The van der Waals surface area contributed by atoms with Crippen LogP contribution in [-0.4, -0.2) is 66.5 Å². The number of urea groups is 1. The maximum absolute atomic E-state index is 12.4. The molecule has 0 radical (unpaired) electrons. The summed E-state index contributed by atoms with van der Waals surface area (Å²) < 4.78 is 0. The lowest BCUT2D eigenvalue weighted by atomic mass is 9.99. The van der Waals surface area contributed by atoms with Crippen LogP contribution < -0.4 is 0 Å². The van der Waals surface area contributed by atoms with Gasteiger partial charge in [-0.2, -0.15) is 0 Å². The third-order valence-electron chi connectivity index (χ3n) is 4.77. The van der Waals surface area contributed by atoms with Crippen LogP contribution in [0.5, 0.6) is 0 Å². The zero-order valence-electron chi connectivity index (χ0n) is 12.8. The summed E-state index contributed by atoms with van der Waals surface area (Å²) in [7, 11) is 1.96. The SMILES string of the molecule is CCN1CCCC1CN(C)C(=O)N1CCC(C)CC1. The Bertz CT molecular complexity index is 300. The van der Waals surface area contributed by atoms with Crippen molar-refractivity contribution in [3.05, 3.63) is 0 Å². The van der Waals surface area contributed by atoms with E-state index in [4.69, 9.17) is 0 Å². The van der Waals surface area contributed by atoms with E-state index in [-0.39, 0.29) is 6.03 Å². The maximum Gasteiger partial charge on any atom is 0.319 e. The smallest absolute Gasteiger partial charge is 0.319 e. The van der Waals surface area contributed by atoms with Crippen molar-refractivity contribution < 1.29 is 4.79 Å². The van der Waals surface area contributed by atoms with Gasteiger partial charge in [-0.1, -0.05) is 13.8 Å². The average Bonchev–Trinajstić information content (AvgIpc) is 2.86. The van der Waals surface area contributed by atoms with Gasteiger partial charge in [-0.15, -0.1) is 0 Å². The van der Waals surface area contributed by atoms with Gasteiger partial charge in [0.1, 0.15) is 0 Å². The monoisotopic (exact) mass is 267 g/mol. The number of likely N-dealkylation sites (tertiary alicyclic amines) is 2. The first-order valence-electron chi connectivity index (χ1n) is 7.86. The lowest BCUT2D eigenvalue weighted by molar-refractivity contribution is 0.130. The zero-order valence-corrected chi connectivity index (χ0v) is 12.8. The normalized spacial score (nSPS) is 25.8. The second kappa shape index (κ2) is 6.60. The van der Waals surface area contributed by atoms with Crippen LogP contribution in [0.4, 0.5) is 4.79 Å². The van der Waals surface area contributed by atoms with Crippen molar-refractivity contribution in [3.63, 3.8) is 0 Å². The molecule has 1 atom stereocenters. The minimum atomic E-state index is 0.231. The van der Waals surface area contributed by atoms with E-state index in [9.17, 15) is 4.79 Å². The van der Waals surface area contributed by atoms with Crippen molar-refractivity contribution in [1.29, 1.82) is 0 Å². The highest BCUT2D eigenvalue weighted by Gasteiger charge is 2.28. The minimum absolute atomic E-state index is 0.231. The first-order chi connectivity index (χ1) is 9.11. The number of rotatable bonds is 3. The Morgan fingerprint density at radius 1 is 1.21 bits per heavy atom. The molecule has 2 amide bonds. The third kappa shape index (κ3) is 3.62. The Balaban J connectivity index is 1.82. The highest BCUT2D eigenvalue weighted by atomic mass is 16.2. The van der Waals surface area contributed by atoms with E-state index in [1.807, 2.05) is 16.8 Å². The predicted molar refractivity (Wildman–Crippen MR) is 78.3 cm³/mol. The fourth-order valence-corrected chi connectivity index (χ4v) is 3.35. The molecule has 0 aliphatic carbocycles. The summed E-state index contributed by atoms with van der Waals surface area (Å²) in [6.45, 7) is 9.56. The molecule has 2 fully saturated rings. The van der Waals surface area contributed by atoms with Gasteiger partial charge in [0.15, 0.2) is 0 Å². The quantitative estimate of drug-likeness (QED) is 0.784. The Kier molecular flexibility index (Phi) is 5.08. The van der Waals surface area contributed by atoms with Crippen molar-refractivity contribution in [3.8, 4) is 0 Å². The van der Waals surface area contributed by atoms with Crippen molar-refractivity contribution >= 4 is 6.03 Å². The molecule has 2 aliphatic rings. The molecule has 0 aromatic rings. The Morgan fingerprint density at radius 2 is 1.89 bits per heavy atom. The zero-order chi connectivity index (χ0) is 13.8. The highest BCUT2D eigenvalue weighted by Crippen LogP contribution is 2.20. The molecule has 2 rings (SSSR count). The fourth-order valence-electron chi connectivity index (χ4n) is 3.35. The molecule has 2 aliphatic heterocycles. The van der Waals surface area contributed by atoms with Crippen molar-refractivity contribution in [2.75, 3.05) is 39.8 Å². The van der Waals surface area contributed by atoms with Crippen LogP contribution >= 0.6 is 0 Å². The summed E-state index contributed by atoms with van der Waals surface area (Å²) in [6, 6.07) is 0.803. The number of likely N-dealkylation sites (N-methyl/N-ethyl adjacent to an activating group) is 2. The molecule has 0 spiro atoms. The standard InChI is InChI=1S/C15H29N3O/c1-4-17-9-5-6-14(17)12-16(3)15(19)18-10-7-13(2)8-11-18/h13-14H,4-12H2,1-3H3. The van der Waals surface area contributed by atoms with Crippen LogP contribution in [0, 0.1) is 5.92 Å². The molecule has 1 unspecified atom stereocenters. The van der Waals surface area contributed by atoms with Gasteiger partial charge >= 0.3 is 6.03 Å². The fraction of sp³-hybridized carbons (Fsp3) is 0.933. The van der Waals surface area contributed by atoms with Crippen LogP contribution in [0.25, 0.3) is 0 Å². The number of carbonyl (C=O) groups is 1. The van der Waals surface area contributed by atoms with Crippen molar-refractivity contribution in [2.45, 2.75) is 45.6 Å². The van der Waals surface area contributed by atoms with Gasteiger partial charge in [0.05, 0.1) is 0 Å². The topological polar surface area (TPSA) is 26.8 Å². The minimum Gasteiger partial charge on any atom is -0.326 e. The van der Waals surface area contributed by atoms with E-state index in [2.05, 4.69) is 18.7 Å². The van der Waals surface area contributed by atoms with Gasteiger partial charge in [-0.05, 0) is 44.7 Å². The van der Waals surface area contributed by atoms with Crippen LogP contribution in [0.1, 0.15) is 39.5 Å². The molecule has 0 aromatic carbocycles. The molecule has 0 aromatic heterocycles. The maximum atomic E-state index is 12.4. The molecular weight excluding hydrogens is 238 g/mol.